The lowest BCUT2D eigenvalue weighted by Gasteiger charge is -2.08. The summed E-state index contributed by atoms with van der Waals surface area (Å²) in [6.07, 6.45) is 1.43. The summed E-state index contributed by atoms with van der Waals surface area (Å²) in [5.41, 5.74) is 7.10. The molecule has 0 aliphatic heterocycles. The van der Waals surface area contributed by atoms with Gasteiger partial charge < -0.3 is 11.1 Å². The van der Waals surface area contributed by atoms with Crippen LogP contribution in [0.2, 0.25) is 5.02 Å². The van der Waals surface area contributed by atoms with Gasteiger partial charge in [0.05, 0.1) is 22.5 Å². The first kappa shape index (κ1) is 13.9. The highest BCUT2D eigenvalue weighted by Crippen LogP contribution is 2.21. The highest BCUT2D eigenvalue weighted by molar-refractivity contribution is 6.31. The summed E-state index contributed by atoms with van der Waals surface area (Å²) >= 11 is 5.84. The maximum Gasteiger partial charge on any atom is 0.276 e. The van der Waals surface area contributed by atoms with Crippen LogP contribution in [0.3, 0.4) is 0 Å². The highest BCUT2D eigenvalue weighted by Gasteiger charge is 2.16. The number of carbonyl (C=O) groups is 1. The molecule has 0 fully saturated rings. The monoisotopic (exact) mass is 289 g/mol. The van der Waals surface area contributed by atoms with Crippen LogP contribution in [0.15, 0.2) is 24.4 Å². The Morgan fingerprint density at radius 1 is 1.60 bits per heavy atom. The second-order valence-electron chi connectivity index (χ2n) is 4.02. The third kappa shape index (κ3) is 2.58. The Kier molecular flexibility index (Phi) is 3.91. The van der Waals surface area contributed by atoms with Crippen LogP contribution in [0.1, 0.15) is 23.0 Å². The first-order chi connectivity index (χ1) is 9.56. The number of nitrogen functional groups attached to an aromatic ring is 1. The minimum absolute atomic E-state index is 0.293. The molecule has 2 rings (SSSR count). The molecule has 0 radical (unpaired) electrons. The van der Waals surface area contributed by atoms with E-state index in [-0.39, 0.29) is 5.91 Å². The van der Waals surface area contributed by atoms with E-state index in [0.29, 0.717) is 34.2 Å². The summed E-state index contributed by atoms with van der Waals surface area (Å²) in [5.74, 6) is -0.381. The van der Waals surface area contributed by atoms with Crippen molar-refractivity contribution in [3.05, 3.63) is 40.7 Å². The van der Waals surface area contributed by atoms with Crippen molar-refractivity contribution in [1.82, 2.24) is 9.78 Å². The van der Waals surface area contributed by atoms with Crippen molar-refractivity contribution in [2.75, 3.05) is 11.1 Å². The summed E-state index contributed by atoms with van der Waals surface area (Å²) in [7, 11) is 0. The summed E-state index contributed by atoms with van der Waals surface area (Å²) in [6.45, 7) is 2.39. The van der Waals surface area contributed by atoms with E-state index in [9.17, 15) is 4.79 Å². The zero-order chi connectivity index (χ0) is 14.7. The van der Waals surface area contributed by atoms with Crippen molar-refractivity contribution in [2.24, 2.45) is 0 Å². The van der Waals surface area contributed by atoms with Gasteiger partial charge in [0.15, 0.2) is 0 Å². The number of anilines is 2. The lowest BCUT2D eigenvalue weighted by Crippen LogP contribution is -2.18. The molecule has 20 heavy (non-hydrogen) atoms. The normalized spacial score (nSPS) is 10.1. The van der Waals surface area contributed by atoms with Crippen LogP contribution < -0.4 is 11.1 Å². The molecule has 0 aliphatic carbocycles. The van der Waals surface area contributed by atoms with E-state index in [1.54, 1.807) is 12.1 Å². The molecule has 0 atom stereocenters. The molecule has 6 nitrogen and oxygen atoms in total. The number of nitrogens with zero attached hydrogens (tertiary/aromatic N) is 3. The number of hydrogen-bond donors (Lipinski definition) is 2. The smallest absolute Gasteiger partial charge is 0.276 e. The molecular weight excluding hydrogens is 278 g/mol. The van der Waals surface area contributed by atoms with Crippen LogP contribution in [-0.4, -0.2) is 15.7 Å². The molecule has 0 aliphatic rings. The average Bonchev–Trinajstić information content (AvgIpc) is 2.82. The van der Waals surface area contributed by atoms with E-state index in [1.165, 1.54) is 16.9 Å². The molecular formula is C13H12ClN5O. The molecule has 2 aromatic rings. The Hall–Kier alpha value is -2.52. The van der Waals surface area contributed by atoms with E-state index in [2.05, 4.69) is 10.4 Å². The van der Waals surface area contributed by atoms with Crippen molar-refractivity contribution in [3.63, 3.8) is 0 Å². The average molecular weight is 290 g/mol. The third-order valence-electron chi connectivity index (χ3n) is 2.73. The summed E-state index contributed by atoms with van der Waals surface area (Å²) in [6, 6.07) is 6.62. The zero-order valence-electron chi connectivity index (χ0n) is 10.7. The predicted octanol–water partition coefficient (Wildman–Crippen LogP) is 2.26. The van der Waals surface area contributed by atoms with Gasteiger partial charge in [0.1, 0.15) is 11.8 Å². The van der Waals surface area contributed by atoms with Crippen molar-refractivity contribution >= 4 is 28.9 Å². The number of nitriles is 1. The lowest BCUT2D eigenvalue weighted by atomic mass is 10.2. The number of aromatic nitrogens is 2. The number of nitrogens with one attached hydrogen (secondary N) is 1. The largest absolute Gasteiger partial charge is 0.396 e. The van der Waals surface area contributed by atoms with Crippen LogP contribution in [0.25, 0.3) is 0 Å². The van der Waals surface area contributed by atoms with E-state index >= 15 is 0 Å². The van der Waals surface area contributed by atoms with Gasteiger partial charge in [0, 0.05) is 12.2 Å². The number of amides is 1. The van der Waals surface area contributed by atoms with Crippen molar-refractivity contribution < 1.29 is 4.79 Å². The fraction of sp³-hybridized carbons (Fsp3) is 0.154. The molecule has 3 N–H and O–H groups in total. The Bertz CT molecular complexity index is 701. The molecule has 102 valence electrons. The van der Waals surface area contributed by atoms with Gasteiger partial charge in [-0.1, -0.05) is 11.6 Å². The number of benzene rings is 1. The van der Waals surface area contributed by atoms with Crippen LogP contribution >= 0.6 is 11.6 Å². The van der Waals surface area contributed by atoms with Gasteiger partial charge in [-0.15, -0.1) is 0 Å². The van der Waals surface area contributed by atoms with Gasteiger partial charge in [-0.3, -0.25) is 9.48 Å². The van der Waals surface area contributed by atoms with Gasteiger partial charge in [0.25, 0.3) is 5.91 Å². The van der Waals surface area contributed by atoms with E-state index in [0.717, 1.165) is 0 Å². The van der Waals surface area contributed by atoms with Crippen LogP contribution in [0.4, 0.5) is 11.4 Å². The molecule has 1 amide bonds. The number of carbonyl (C=O) groups excluding carboxylic acids is 1. The van der Waals surface area contributed by atoms with E-state index in [1.807, 2.05) is 13.0 Å². The first-order valence-corrected chi connectivity index (χ1v) is 6.27. The minimum atomic E-state index is -0.381. The van der Waals surface area contributed by atoms with Crippen molar-refractivity contribution in [2.45, 2.75) is 13.5 Å². The molecule has 1 aromatic heterocycles. The van der Waals surface area contributed by atoms with E-state index < -0.39 is 0 Å². The summed E-state index contributed by atoms with van der Waals surface area (Å²) in [4.78, 5) is 12.2. The summed E-state index contributed by atoms with van der Waals surface area (Å²) < 4.78 is 1.51. The number of hydrogen-bond acceptors (Lipinski definition) is 4. The first-order valence-electron chi connectivity index (χ1n) is 5.89. The zero-order valence-corrected chi connectivity index (χ0v) is 11.5. The molecule has 0 spiro atoms. The minimum Gasteiger partial charge on any atom is -0.396 e. The quantitative estimate of drug-likeness (QED) is 0.905. The summed E-state index contributed by atoms with van der Waals surface area (Å²) in [5, 5.41) is 15.9. The van der Waals surface area contributed by atoms with Crippen LogP contribution in [0.5, 0.6) is 0 Å². The van der Waals surface area contributed by atoms with E-state index in [4.69, 9.17) is 22.6 Å². The van der Waals surface area contributed by atoms with Gasteiger partial charge in [-0.25, -0.2) is 0 Å². The fourth-order valence-electron chi connectivity index (χ4n) is 1.77. The molecule has 0 saturated carbocycles. The fourth-order valence-corrected chi connectivity index (χ4v) is 1.93. The maximum absolute atomic E-state index is 12.2. The number of halogens is 1. The van der Waals surface area contributed by atoms with Crippen LogP contribution in [-0.2, 0) is 6.54 Å². The second kappa shape index (κ2) is 5.63. The van der Waals surface area contributed by atoms with Crippen LogP contribution in [0, 0.1) is 11.3 Å². The SMILES string of the molecule is CCn1ncc(N)c1C(=O)Nc1ccc(Cl)c(C#N)c1. The Labute approximate surface area is 120 Å². The van der Waals surface area contributed by atoms with Crippen molar-refractivity contribution in [3.8, 4) is 6.07 Å². The number of aryl methyl sites for hydroxylation is 1. The van der Waals surface area contributed by atoms with Crippen molar-refractivity contribution in [1.29, 1.82) is 5.26 Å². The molecule has 1 aromatic carbocycles. The van der Waals surface area contributed by atoms with Gasteiger partial charge in [-0.2, -0.15) is 10.4 Å². The molecule has 0 unspecified atom stereocenters. The highest BCUT2D eigenvalue weighted by atomic mass is 35.5. The van der Waals surface area contributed by atoms with Gasteiger partial charge in [-0.05, 0) is 25.1 Å². The molecule has 1 heterocycles. The Morgan fingerprint density at radius 3 is 3.00 bits per heavy atom. The Morgan fingerprint density at radius 2 is 2.35 bits per heavy atom. The lowest BCUT2D eigenvalue weighted by molar-refractivity contribution is 0.101. The van der Waals surface area contributed by atoms with Gasteiger partial charge >= 0.3 is 0 Å². The predicted molar refractivity (Wildman–Crippen MR) is 76.4 cm³/mol. The molecule has 0 bridgehead atoms. The maximum atomic E-state index is 12.2. The van der Waals surface area contributed by atoms with Gasteiger partial charge in [0.2, 0.25) is 0 Å². The number of rotatable bonds is 3. The number of nitrogens with two attached hydrogens (primary N) is 1. The molecule has 0 saturated heterocycles. The standard InChI is InChI=1S/C13H12ClN5O/c1-2-19-12(11(16)7-17-19)13(20)18-9-3-4-10(14)8(5-9)6-15/h3-5,7H,2,16H2,1H3,(H,18,20). The topological polar surface area (TPSA) is 96.7 Å². The third-order valence-corrected chi connectivity index (χ3v) is 3.06. The molecule has 7 heteroatoms. The Balaban J connectivity index is 2.28. The second-order valence-corrected chi connectivity index (χ2v) is 4.43.